The molecule has 6 heteroatoms. The SMILES string of the molecule is CCCc1ccc(C(=O)COC(=O)c2nn(-c3ccccc3)cc2OC)cc1. The van der Waals surface area contributed by atoms with Crippen molar-refractivity contribution in [1.82, 2.24) is 9.78 Å². The largest absolute Gasteiger partial charge is 0.493 e. The van der Waals surface area contributed by atoms with E-state index in [1.807, 2.05) is 42.5 Å². The van der Waals surface area contributed by atoms with Gasteiger partial charge in [-0.1, -0.05) is 55.8 Å². The molecule has 0 saturated heterocycles. The molecular formula is C22H22N2O4. The number of aryl methyl sites for hydroxylation is 1. The lowest BCUT2D eigenvalue weighted by molar-refractivity contribution is 0.0465. The number of rotatable bonds is 8. The number of esters is 1. The van der Waals surface area contributed by atoms with E-state index in [9.17, 15) is 9.59 Å². The van der Waals surface area contributed by atoms with E-state index in [2.05, 4.69) is 12.0 Å². The number of carbonyl (C=O) groups excluding carboxylic acids is 2. The third kappa shape index (κ3) is 4.46. The second-order valence-corrected chi connectivity index (χ2v) is 6.27. The minimum atomic E-state index is -0.706. The van der Waals surface area contributed by atoms with Crippen LogP contribution in [0.1, 0.15) is 39.8 Å². The lowest BCUT2D eigenvalue weighted by Crippen LogP contribution is -2.15. The number of methoxy groups -OCH3 is 1. The summed E-state index contributed by atoms with van der Waals surface area (Å²) in [6.07, 6.45) is 3.61. The number of Topliss-reactive ketones (excluding diaryl/α,β-unsaturated/α-hetero) is 1. The van der Waals surface area contributed by atoms with Gasteiger partial charge in [0, 0.05) is 5.56 Å². The Kier molecular flexibility index (Phi) is 6.22. The number of para-hydroxylation sites is 1. The fourth-order valence-electron chi connectivity index (χ4n) is 2.79. The summed E-state index contributed by atoms with van der Waals surface area (Å²) in [5.41, 5.74) is 2.49. The number of ether oxygens (including phenoxy) is 2. The average molecular weight is 378 g/mol. The summed E-state index contributed by atoms with van der Waals surface area (Å²) < 4.78 is 11.9. The third-order valence-electron chi connectivity index (χ3n) is 4.26. The highest BCUT2D eigenvalue weighted by atomic mass is 16.5. The standard InChI is InChI=1S/C22H22N2O4/c1-3-7-16-10-12-17(13-11-16)19(25)15-28-22(26)21-20(27-2)14-24(23-21)18-8-5-4-6-9-18/h4-6,8-14H,3,7,15H2,1-2H3. The molecule has 144 valence electrons. The van der Waals surface area contributed by atoms with Gasteiger partial charge < -0.3 is 9.47 Å². The van der Waals surface area contributed by atoms with Crippen LogP contribution in [-0.4, -0.2) is 35.2 Å². The van der Waals surface area contributed by atoms with Crippen molar-refractivity contribution < 1.29 is 19.1 Å². The van der Waals surface area contributed by atoms with Crippen molar-refractivity contribution in [3.63, 3.8) is 0 Å². The summed E-state index contributed by atoms with van der Waals surface area (Å²) >= 11 is 0. The topological polar surface area (TPSA) is 70.4 Å². The normalized spacial score (nSPS) is 10.5. The molecule has 1 heterocycles. The molecule has 0 spiro atoms. The van der Waals surface area contributed by atoms with Crippen LogP contribution in [0.3, 0.4) is 0 Å². The van der Waals surface area contributed by atoms with E-state index < -0.39 is 5.97 Å². The van der Waals surface area contributed by atoms with Crippen molar-refractivity contribution in [2.24, 2.45) is 0 Å². The Morgan fingerprint density at radius 1 is 1.04 bits per heavy atom. The van der Waals surface area contributed by atoms with Crippen molar-refractivity contribution in [2.45, 2.75) is 19.8 Å². The van der Waals surface area contributed by atoms with Crippen LogP contribution >= 0.6 is 0 Å². The molecule has 0 saturated carbocycles. The van der Waals surface area contributed by atoms with Crippen molar-refractivity contribution in [2.75, 3.05) is 13.7 Å². The average Bonchev–Trinajstić information content (AvgIpc) is 3.18. The highest BCUT2D eigenvalue weighted by Crippen LogP contribution is 2.20. The minimum Gasteiger partial charge on any atom is -0.493 e. The molecule has 28 heavy (non-hydrogen) atoms. The molecule has 0 bridgehead atoms. The Morgan fingerprint density at radius 2 is 1.75 bits per heavy atom. The van der Waals surface area contributed by atoms with Crippen LogP contribution < -0.4 is 4.74 Å². The molecule has 0 atom stereocenters. The Balaban J connectivity index is 1.67. The van der Waals surface area contributed by atoms with Gasteiger partial charge in [0.1, 0.15) is 0 Å². The molecule has 0 unspecified atom stereocenters. The van der Waals surface area contributed by atoms with E-state index >= 15 is 0 Å². The minimum absolute atomic E-state index is 0.0254. The molecule has 0 fully saturated rings. The molecular weight excluding hydrogens is 356 g/mol. The van der Waals surface area contributed by atoms with E-state index in [-0.39, 0.29) is 23.8 Å². The Morgan fingerprint density at radius 3 is 2.39 bits per heavy atom. The fourth-order valence-corrected chi connectivity index (χ4v) is 2.79. The third-order valence-corrected chi connectivity index (χ3v) is 4.26. The number of carbonyl (C=O) groups is 2. The summed E-state index contributed by atoms with van der Waals surface area (Å²) in [6.45, 7) is 1.75. The van der Waals surface area contributed by atoms with Crippen LogP contribution in [0.25, 0.3) is 5.69 Å². The van der Waals surface area contributed by atoms with Gasteiger partial charge in [-0.2, -0.15) is 5.10 Å². The van der Waals surface area contributed by atoms with Gasteiger partial charge in [-0.3, -0.25) is 4.79 Å². The molecule has 0 N–H and O–H groups in total. The van der Waals surface area contributed by atoms with Crippen molar-refractivity contribution in [3.05, 3.63) is 77.6 Å². The first-order valence-corrected chi connectivity index (χ1v) is 9.10. The smallest absolute Gasteiger partial charge is 0.363 e. The number of benzene rings is 2. The molecule has 1 aromatic heterocycles. The van der Waals surface area contributed by atoms with Crippen LogP contribution in [0.2, 0.25) is 0 Å². The maximum atomic E-state index is 12.4. The first-order chi connectivity index (χ1) is 13.6. The summed E-state index contributed by atoms with van der Waals surface area (Å²) in [5, 5.41) is 4.24. The Bertz CT molecular complexity index is 946. The second kappa shape index (κ2) is 8.99. The van der Waals surface area contributed by atoms with Gasteiger partial charge in [-0.05, 0) is 24.1 Å². The predicted molar refractivity (Wildman–Crippen MR) is 105 cm³/mol. The van der Waals surface area contributed by atoms with Crippen LogP contribution in [0.5, 0.6) is 5.75 Å². The predicted octanol–water partition coefficient (Wildman–Crippen LogP) is 3.87. The van der Waals surface area contributed by atoms with Crippen LogP contribution in [0, 0.1) is 0 Å². The lowest BCUT2D eigenvalue weighted by Gasteiger charge is -2.05. The Labute approximate surface area is 163 Å². The molecule has 0 radical (unpaired) electrons. The zero-order valence-electron chi connectivity index (χ0n) is 15.9. The van der Waals surface area contributed by atoms with E-state index in [1.54, 1.807) is 18.3 Å². The van der Waals surface area contributed by atoms with E-state index in [0.29, 0.717) is 5.56 Å². The Hall–Kier alpha value is -3.41. The maximum Gasteiger partial charge on any atom is 0.363 e. The lowest BCUT2D eigenvalue weighted by atomic mass is 10.1. The molecule has 0 aliphatic carbocycles. The van der Waals surface area contributed by atoms with E-state index in [0.717, 1.165) is 18.5 Å². The van der Waals surface area contributed by atoms with Gasteiger partial charge in [0.15, 0.2) is 18.1 Å². The van der Waals surface area contributed by atoms with Crippen molar-refractivity contribution in [1.29, 1.82) is 0 Å². The highest BCUT2D eigenvalue weighted by molar-refractivity contribution is 5.99. The number of aromatic nitrogens is 2. The van der Waals surface area contributed by atoms with Gasteiger partial charge in [0.25, 0.3) is 0 Å². The van der Waals surface area contributed by atoms with Crippen LogP contribution in [0.15, 0.2) is 60.8 Å². The summed E-state index contributed by atoms with van der Waals surface area (Å²) in [5.74, 6) is -0.689. The summed E-state index contributed by atoms with van der Waals surface area (Å²) in [6, 6.07) is 16.7. The maximum absolute atomic E-state index is 12.4. The number of nitrogens with zero attached hydrogens (tertiary/aromatic N) is 2. The molecule has 2 aromatic carbocycles. The summed E-state index contributed by atoms with van der Waals surface area (Å²) in [7, 11) is 1.45. The monoisotopic (exact) mass is 378 g/mol. The van der Waals surface area contributed by atoms with Gasteiger partial charge in [0.05, 0.1) is 19.0 Å². The van der Waals surface area contributed by atoms with E-state index in [1.165, 1.54) is 17.4 Å². The first kappa shape index (κ1) is 19.4. The molecule has 3 rings (SSSR count). The number of ketones is 1. The van der Waals surface area contributed by atoms with Crippen LogP contribution in [0.4, 0.5) is 0 Å². The van der Waals surface area contributed by atoms with Gasteiger partial charge >= 0.3 is 5.97 Å². The number of hydrogen-bond acceptors (Lipinski definition) is 5. The van der Waals surface area contributed by atoms with Crippen molar-refractivity contribution in [3.8, 4) is 11.4 Å². The fraction of sp³-hybridized carbons (Fsp3) is 0.227. The zero-order valence-corrected chi connectivity index (χ0v) is 15.9. The van der Waals surface area contributed by atoms with Gasteiger partial charge in [-0.25, -0.2) is 9.48 Å². The molecule has 0 aliphatic rings. The molecule has 3 aromatic rings. The molecule has 0 amide bonds. The number of hydrogen-bond donors (Lipinski definition) is 0. The highest BCUT2D eigenvalue weighted by Gasteiger charge is 2.21. The quantitative estimate of drug-likeness (QED) is 0.439. The van der Waals surface area contributed by atoms with Gasteiger partial charge in [-0.15, -0.1) is 0 Å². The van der Waals surface area contributed by atoms with E-state index in [4.69, 9.17) is 9.47 Å². The second-order valence-electron chi connectivity index (χ2n) is 6.27. The van der Waals surface area contributed by atoms with Crippen LogP contribution in [-0.2, 0) is 11.2 Å². The van der Waals surface area contributed by atoms with Gasteiger partial charge in [0.2, 0.25) is 5.69 Å². The molecule has 6 nitrogen and oxygen atoms in total. The first-order valence-electron chi connectivity index (χ1n) is 9.10. The van der Waals surface area contributed by atoms with Crippen molar-refractivity contribution >= 4 is 11.8 Å². The summed E-state index contributed by atoms with van der Waals surface area (Å²) in [4.78, 5) is 24.7. The molecule has 0 aliphatic heterocycles. The zero-order chi connectivity index (χ0) is 19.9.